The fourth-order valence-corrected chi connectivity index (χ4v) is 4.11. The van der Waals surface area contributed by atoms with Crippen molar-refractivity contribution in [3.05, 3.63) is 40.9 Å². The first-order chi connectivity index (χ1) is 13.6. The monoisotopic (exact) mass is 438 g/mol. The summed E-state index contributed by atoms with van der Waals surface area (Å²) < 4.78 is 1.01. The fraction of sp³-hybridized carbons (Fsp3) is 0.250. The fourth-order valence-electron chi connectivity index (χ4n) is 3.75. The molecule has 2 aromatic heterocycles. The molecule has 0 aliphatic carbocycles. The van der Waals surface area contributed by atoms with Gasteiger partial charge in [0.15, 0.2) is 5.82 Å². The standard InChI is InChI=1S/C20H19BrN6O/c1-12(28)26-6-8-27(9-7-26)14-3-5-17-18(11-14)23-20(22-17)19-15-10-13(21)2-4-16(15)24-25-19/h2-5,10-11H,6-9H2,1H3,(H,22,23)(H,24,25). The highest BCUT2D eigenvalue weighted by atomic mass is 79.9. The van der Waals surface area contributed by atoms with Crippen LogP contribution < -0.4 is 4.90 Å². The minimum Gasteiger partial charge on any atom is -0.368 e. The predicted molar refractivity (Wildman–Crippen MR) is 113 cm³/mol. The molecule has 0 bridgehead atoms. The van der Waals surface area contributed by atoms with Gasteiger partial charge >= 0.3 is 0 Å². The number of H-pyrrole nitrogens is 2. The Morgan fingerprint density at radius 2 is 1.89 bits per heavy atom. The van der Waals surface area contributed by atoms with E-state index in [4.69, 9.17) is 4.98 Å². The second-order valence-corrected chi connectivity index (χ2v) is 7.96. The third-order valence-electron chi connectivity index (χ3n) is 5.30. The number of hydrogen-bond acceptors (Lipinski definition) is 4. The van der Waals surface area contributed by atoms with Gasteiger partial charge in [0.1, 0.15) is 5.69 Å². The number of nitrogens with zero attached hydrogens (tertiary/aromatic N) is 4. The summed E-state index contributed by atoms with van der Waals surface area (Å²) in [6, 6.07) is 12.3. The van der Waals surface area contributed by atoms with Gasteiger partial charge in [-0.2, -0.15) is 5.10 Å². The topological polar surface area (TPSA) is 80.9 Å². The van der Waals surface area contributed by atoms with Gasteiger partial charge in [0, 0.05) is 48.6 Å². The molecule has 28 heavy (non-hydrogen) atoms. The van der Waals surface area contributed by atoms with Crippen LogP contribution in [0.2, 0.25) is 0 Å². The number of amides is 1. The van der Waals surface area contributed by atoms with Crippen LogP contribution in [0.25, 0.3) is 33.5 Å². The Kier molecular flexibility index (Phi) is 4.08. The van der Waals surface area contributed by atoms with E-state index in [0.29, 0.717) is 0 Å². The number of hydrogen-bond donors (Lipinski definition) is 2. The van der Waals surface area contributed by atoms with E-state index in [1.54, 1.807) is 6.92 Å². The van der Waals surface area contributed by atoms with E-state index < -0.39 is 0 Å². The van der Waals surface area contributed by atoms with Crippen LogP contribution >= 0.6 is 15.9 Å². The molecule has 1 fully saturated rings. The zero-order chi connectivity index (χ0) is 19.3. The Morgan fingerprint density at radius 3 is 2.68 bits per heavy atom. The van der Waals surface area contributed by atoms with E-state index in [1.165, 1.54) is 0 Å². The zero-order valence-electron chi connectivity index (χ0n) is 15.4. The second kappa shape index (κ2) is 6.63. The molecule has 0 spiro atoms. The Bertz CT molecular complexity index is 1190. The van der Waals surface area contributed by atoms with E-state index in [-0.39, 0.29) is 5.91 Å². The van der Waals surface area contributed by atoms with E-state index in [1.807, 2.05) is 29.2 Å². The molecule has 7 nitrogen and oxygen atoms in total. The first-order valence-electron chi connectivity index (χ1n) is 9.23. The minimum absolute atomic E-state index is 0.145. The van der Waals surface area contributed by atoms with Gasteiger partial charge in [-0.25, -0.2) is 4.98 Å². The van der Waals surface area contributed by atoms with E-state index in [9.17, 15) is 4.79 Å². The molecule has 142 valence electrons. The lowest BCUT2D eigenvalue weighted by molar-refractivity contribution is -0.129. The molecular formula is C20H19BrN6O. The van der Waals surface area contributed by atoms with Crippen LogP contribution in [0.3, 0.4) is 0 Å². The number of halogens is 1. The summed E-state index contributed by atoms with van der Waals surface area (Å²) in [4.78, 5) is 23.9. The van der Waals surface area contributed by atoms with Crippen molar-refractivity contribution in [2.75, 3.05) is 31.1 Å². The van der Waals surface area contributed by atoms with Gasteiger partial charge < -0.3 is 14.8 Å². The molecule has 2 aromatic carbocycles. The maximum absolute atomic E-state index is 11.5. The van der Waals surface area contributed by atoms with Gasteiger partial charge in [0.2, 0.25) is 5.91 Å². The number of nitrogens with one attached hydrogen (secondary N) is 2. The number of benzene rings is 2. The van der Waals surface area contributed by atoms with Crippen molar-refractivity contribution >= 4 is 49.5 Å². The molecule has 1 saturated heterocycles. The second-order valence-electron chi connectivity index (χ2n) is 7.04. The third kappa shape index (κ3) is 2.93. The smallest absolute Gasteiger partial charge is 0.219 e. The van der Waals surface area contributed by atoms with Crippen LogP contribution in [0.15, 0.2) is 40.9 Å². The first kappa shape index (κ1) is 17.2. The number of fused-ring (bicyclic) bond motifs is 2. The Morgan fingerprint density at radius 1 is 1.07 bits per heavy atom. The van der Waals surface area contributed by atoms with Crippen LogP contribution in [-0.2, 0) is 4.79 Å². The van der Waals surface area contributed by atoms with Crippen molar-refractivity contribution in [1.82, 2.24) is 25.1 Å². The molecule has 3 heterocycles. The van der Waals surface area contributed by atoms with Gasteiger partial charge in [0.05, 0.1) is 16.6 Å². The third-order valence-corrected chi connectivity index (χ3v) is 5.80. The van der Waals surface area contributed by atoms with Crippen molar-refractivity contribution in [1.29, 1.82) is 0 Å². The maximum Gasteiger partial charge on any atom is 0.219 e. The molecule has 1 aliphatic heterocycles. The van der Waals surface area contributed by atoms with Crippen LogP contribution in [0, 0.1) is 0 Å². The molecular weight excluding hydrogens is 420 g/mol. The molecule has 4 aromatic rings. The van der Waals surface area contributed by atoms with Crippen molar-refractivity contribution in [2.45, 2.75) is 6.92 Å². The molecule has 0 saturated carbocycles. The molecule has 1 amide bonds. The molecule has 0 unspecified atom stereocenters. The Hall–Kier alpha value is -2.87. The normalized spacial score (nSPS) is 14.9. The lowest BCUT2D eigenvalue weighted by Gasteiger charge is -2.35. The van der Waals surface area contributed by atoms with E-state index in [0.717, 1.165) is 69.8 Å². The Balaban J connectivity index is 1.47. The molecule has 5 rings (SSSR count). The van der Waals surface area contributed by atoms with Gasteiger partial charge in [0.25, 0.3) is 0 Å². The average molecular weight is 439 g/mol. The maximum atomic E-state index is 11.5. The average Bonchev–Trinajstić information content (AvgIpc) is 3.30. The number of carbonyl (C=O) groups is 1. The Labute approximate surface area is 169 Å². The lowest BCUT2D eigenvalue weighted by Crippen LogP contribution is -2.48. The number of imidazole rings is 1. The summed E-state index contributed by atoms with van der Waals surface area (Å²) in [5.74, 6) is 0.893. The first-order valence-corrected chi connectivity index (χ1v) is 10.0. The number of carbonyl (C=O) groups excluding carboxylic acids is 1. The van der Waals surface area contributed by atoms with E-state index in [2.05, 4.69) is 48.1 Å². The largest absolute Gasteiger partial charge is 0.368 e. The molecule has 1 aliphatic rings. The highest BCUT2D eigenvalue weighted by Gasteiger charge is 2.20. The summed E-state index contributed by atoms with van der Waals surface area (Å²) in [6.07, 6.45) is 0. The van der Waals surface area contributed by atoms with Crippen LogP contribution in [0.5, 0.6) is 0 Å². The molecule has 8 heteroatoms. The van der Waals surface area contributed by atoms with Crippen molar-refractivity contribution < 1.29 is 4.79 Å². The number of rotatable bonds is 2. The van der Waals surface area contributed by atoms with Crippen molar-refractivity contribution in [3.8, 4) is 11.5 Å². The summed E-state index contributed by atoms with van der Waals surface area (Å²) in [5, 5.41) is 8.54. The molecule has 0 radical (unpaired) electrons. The summed E-state index contributed by atoms with van der Waals surface area (Å²) in [6.45, 7) is 4.82. The van der Waals surface area contributed by atoms with E-state index >= 15 is 0 Å². The number of aromatic nitrogens is 4. The summed E-state index contributed by atoms with van der Waals surface area (Å²) >= 11 is 3.52. The minimum atomic E-state index is 0.145. The highest BCUT2D eigenvalue weighted by Crippen LogP contribution is 2.29. The van der Waals surface area contributed by atoms with Gasteiger partial charge in [-0.15, -0.1) is 0 Å². The number of aromatic amines is 2. The zero-order valence-corrected chi connectivity index (χ0v) is 17.0. The van der Waals surface area contributed by atoms with Gasteiger partial charge in [-0.05, 0) is 36.4 Å². The number of piperazine rings is 1. The summed E-state index contributed by atoms with van der Waals surface area (Å²) in [7, 11) is 0. The van der Waals surface area contributed by atoms with Crippen LogP contribution in [0.4, 0.5) is 5.69 Å². The van der Waals surface area contributed by atoms with Gasteiger partial charge in [-0.1, -0.05) is 15.9 Å². The van der Waals surface area contributed by atoms with Crippen molar-refractivity contribution in [3.63, 3.8) is 0 Å². The SMILES string of the molecule is CC(=O)N1CCN(c2ccc3nc(-c4n[nH]c5ccc(Br)cc45)[nH]c3c2)CC1. The number of anilines is 1. The van der Waals surface area contributed by atoms with Crippen LogP contribution in [-0.4, -0.2) is 57.2 Å². The van der Waals surface area contributed by atoms with Crippen LogP contribution in [0.1, 0.15) is 6.92 Å². The quantitative estimate of drug-likeness (QED) is 0.501. The van der Waals surface area contributed by atoms with Crippen molar-refractivity contribution in [2.24, 2.45) is 0 Å². The predicted octanol–water partition coefficient (Wildman–Crippen LogP) is 3.54. The molecule has 2 N–H and O–H groups in total. The summed E-state index contributed by atoms with van der Waals surface area (Å²) in [5.41, 5.74) is 4.81. The highest BCUT2D eigenvalue weighted by molar-refractivity contribution is 9.10. The van der Waals surface area contributed by atoms with Gasteiger partial charge in [-0.3, -0.25) is 9.89 Å². The molecule has 0 atom stereocenters. The lowest BCUT2D eigenvalue weighted by atomic mass is 10.2.